The summed E-state index contributed by atoms with van der Waals surface area (Å²) in [6.07, 6.45) is 4.26. The highest BCUT2D eigenvalue weighted by Crippen LogP contribution is 2.33. The number of amides is 1. The quantitative estimate of drug-likeness (QED) is 0.640. The molecule has 1 atom stereocenters. The number of ether oxygens (including phenoxy) is 2. The number of carbonyl (C=O) groups is 1. The molecule has 166 valence electrons. The van der Waals surface area contributed by atoms with Gasteiger partial charge in [-0.2, -0.15) is 0 Å². The molecule has 2 N–H and O–H groups in total. The predicted molar refractivity (Wildman–Crippen MR) is 116 cm³/mol. The lowest BCUT2D eigenvalue weighted by atomic mass is 10.1. The second kappa shape index (κ2) is 9.56. The minimum Gasteiger partial charge on any atom is -0.494 e. The third-order valence-corrected chi connectivity index (χ3v) is 5.97. The van der Waals surface area contributed by atoms with E-state index in [-0.39, 0.29) is 30.9 Å². The van der Waals surface area contributed by atoms with Crippen molar-refractivity contribution in [2.45, 2.75) is 38.3 Å². The summed E-state index contributed by atoms with van der Waals surface area (Å²) in [5.74, 6) is 0.545. The van der Waals surface area contributed by atoms with Crippen LogP contribution in [0, 0.1) is 11.7 Å². The molecule has 1 aliphatic carbocycles. The highest BCUT2D eigenvalue weighted by atomic mass is 19.1. The van der Waals surface area contributed by atoms with Gasteiger partial charge in [0, 0.05) is 18.8 Å². The maximum Gasteiger partial charge on any atom is 0.255 e. The van der Waals surface area contributed by atoms with Gasteiger partial charge in [-0.25, -0.2) is 4.39 Å². The van der Waals surface area contributed by atoms with Gasteiger partial charge >= 0.3 is 0 Å². The lowest BCUT2D eigenvalue weighted by molar-refractivity contribution is 0.0946. The summed E-state index contributed by atoms with van der Waals surface area (Å²) >= 11 is 0. The van der Waals surface area contributed by atoms with Gasteiger partial charge in [0.1, 0.15) is 5.75 Å². The van der Waals surface area contributed by atoms with Gasteiger partial charge in [-0.1, -0.05) is 6.07 Å². The molecule has 31 heavy (non-hydrogen) atoms. The van der Waals surface area contributed by atoms with E-state index in [9.17, 15) is 14.3 Å². The van der Waals surface area contributed by atoms with E-state index < -0.39 is 5.82 Å². The highest BCUT2D eigenvalue weighted by molar-refractivity contribution is 5.98. The Morgan fingerprint density at radius 2 is 2.00 bits per heavy atom. The average Bonchev–Trinajstić information content (AvgIpc) is 3.50. The van der Waals surface area contributed by atoms with Gasteiger partial charge in [0.2, 0.25) is 0 Å². The van der Waals surface area contributed by atoms with Crippen LogP contribution in [0.3, 0.4) is 0 Å². The topological polar surface area (TPSA) is 71.0 Å². The SMILES string of the molecule is COc1ccc(CNC(=O)c2cc(N3CCCC3CO)ccc2OCC2CC2)cc1F. The minimum absolute atomic E-state index is 0.0661. The summed E-state index contributed by atoms with van der Waals surface area (Å²) in [4.78, 5) is 15.2. The van der Waals surface area contributed by atoms with Gasteiger partial charge in [-0.3, -0.25) is 4.79 Å². The summed E-state index contributed by atoms with van der Waals surface area (Å²) < 4.78 is 24.8. The zero-order valence-corrected chi connectivity index (χ0v) is 17.8. The third kappa shape index (κ3) is 5.10. The summed E-state index contributed by atoms with van der Waals surface area (Å²) in [5.41, 5.74) is 2.00. The van der Waals surface area contributed by atoms with E-state index in [1.54, 1.807) is 12.1 Å². The number of aliphatic hydroxyl groups is 1. The molecule has 1 saturated carbocycles. The van der Waals surface area contributed by atoms with Crippen LogP contribution in [0.2, 0.25) is 0 Å². The van der Waals surface area contributed by atoms with Crippen LogP contribution in [0.25, 0.3) is 0 Å². The highest BCUT2D eigenvalue weighted by Gasteiger charge is 2.27. The van der Waals surface area contributed by atoms with Gasteiger partial charge in [0.25, 0.3) is 5.91 Å². The summed E-state index contributed by atoms with van der Waals surface area (Å²) in [5, 5.41) is 12.5. The zero-order chi connectivity index (χ0) is 21.8. The molecule has 2 fully saturated rings. The molecule has 1 saturated heterocycles. The van der Waals surface area contributed by atoms with E-state index in [2.05, 4.69) is 10.2 Å². The van der Waals surface area contributed by atoms with Crippen molar-refractivity contribution < 1.29 is 23.8 Å². The second-order valence-corrected chi connectivity index (χ2v) is 8.26. The van der Waals surface area contributed by atoms with Crippen molar-refractivity contribution in [3.05, 3.63) is 53.3 Å². The van der Waals surface area contributed by atoms with E-state index in [0.29, 0.717) is 29.4 Å². The van der Waals surface area contributed by atoms with Crippen LogP contribution >= 0.6 is 0 Å². The van der Waals surface area contributed by atoms with Crippen LogP contribution in [-0.4, -0.2) is 43.9 Å². The molecule has 4 rings (SSSR count). The lowest BCUT2D eigenvalue weighted by Gasteiger charge is -2.26. The zero-order valence-electron chi connectivity index (χ0n) is 17.8. The van der Waals surface area contributed by atoms with E-state index in [0.717, 1.165) is 37.9 Å². The summed E-state index contributed by atoms with van der Waals surface area (Å²) in [6.45, 7) is 1.73. The first-order chi connectivity index (χ1) is 15.1. The number of methoxy groups -OCH3 is 1. The Kier molecular flexibility index (Phi) is 6.61. The van der Waals surface area contributed by atoms with Crippen LogP contribution in [-0.2, 0) is 6.54 Å². The maximum atomic E-state index is 14.0. The fraction of sp³-hybridized carbons (Fsp3) is 0.458. The number of benzene rings is 2. The molecular formula is C24H29FN2O4. The smallest absolute Gasteiger partial charge is 0.255 e. The number of halogens is 1. The van der Waals surface area contributed by atoms with Crippen LogP contribution in [0.15, 0.2) is 36.4 Å². The Morgan fingerprint density at radius 1 is 1.19 bits per heavy atom. The average molecular weight is 429 g/mol. The molecule has 0 spiro atoms. The Balaban J connectivity index is 1.52. The van der Waals surface area contributed by atoms with Crippen molar-refractivity contribution in [2.24, 2.45) is 5.92 Å². The number of rotatable bonds is 9. The number of nitrogens with one attached hydrogen (secondary N) is 1. The standard InChI is InChI=1S/C24H29FN2O4/c1-30-23-8-6-17(11-21(23)25)13-26-24(29)20-12-18(27-10-2-3-19(27)14-28)7-9-22(20)31-15-16-4-5-16/h6-9,11-12,16,19,28H,2-5,10,13-15H2,1H3,(H,26,29). The number of hydrogen-bond acceptors (Lipinski definition) is 5. The Bertz CT molecular complexity index is 932. The van der Waals surface area contributed by atoms with Crippen molar-refractivity contribution in [2.75, 3.05) is 31.8 Å². The van der Waals surface area contributed by atoms with E-state index in [1.165, 1.54) is 13.2 Å². The van der Waals surface area contributed by atoms with Crippen LogP contribution in [0.1, 0.15) is 41.6 Å². The van der Waals surface area contributed by atoms with Crippen molar-refractivity contribution in [1.82, 2.24) is 5.32 Å². The van der Waals surface area contributed by atoms with Gasteiger partial charge in [-0.05, 0) is 67.5 Å². The van der Waals surface area contributed by atoms with E-state index in [1.807, 2.05) is 18.2 Å². The molecule has 0 aromatic heterocycles. The molecule has 2 aliphatic rings. The molecule has 2 aromatic carbocycles. The Morgan fingerprint density at radius 3 is 2.71 bits per heavy atom. The predicted octanol–water partition coefficient (Wildman–Crippen LogP) is 3.51. The fourth-order valence-electron chi connectivity index (χ4n) is 3.95. The molecule has 7 heteroatoms. The first-order valence-corrected chi connectivity index (χ1v) is 10.8. The van der Waals surface area contributed by atoms with Gasteiger partial charge in [0.15, 0.2) is 11.6 Å². The Hall–Kier alpha value is -2.80. The van der Waals surface area contributed by atoms with Crippen molar-refractivity contribution in [3.63, 3.8) is 0 Å². The number of aliphatic hydroxyl groups excluding tert-OH is 1. The molecule has 0 bridgehead atoms. The van der Waals surface area contributed by atoms with Crippen LogP contribution < -0.4 is 19.7 Å². The summed E-state index contributed by atoms with van der Waals surface area (Å²) in [6, 6.07) is 10.3. The van der Waals surface area contributed by atoms with Crippen molar-refractivity contribution in [3.8, 4) is 11.5 Å². The molecule has 1 heterocycles. The number of hydrogen-bond donors (Lipinski definition) is 2. The van der Waals surface area contributed by atoms with Gasteiger partial charge < -0.3 is 24.8 Å². The molecule has 1 aliphatic heterocycles. The van der Waals surface area contributed by atoms with E-state index >= 15 is 0 Å². The summed E-state index contributed by atoms with van der Waals surface area (Å²) in [7, 11) is 1.41. The number of carbonyl (C=O) groups excluding carboxylic acids is 1. The normalized spacial score (nSPS) is 18.2. The first kappa shape index (κ1) is 21.4. The molecule has 0 radical (unpaired) electrons. The second-order valence-electron chi connectivity index (χ2n) is 8.26. The van der Waals surface area contributed by atoms with Gasteiger partial charge in [0.05, 0.1) is 31.9 Å². The lowest BCUT2D eigenvalue weighted by Crippen LogP contribution is -2.32. The minimum atomic E-state index is -0.464. The van der Waals surface area contributed by atoms with Crippen LogP contribution in [0.5, 0.6) is 11.5 Å². The van der Waals surface area contributed by atoms with Crippen molar-refractivity contribution in [1.29, 1.82) is 0 Å². The van der Waals surface area contributed by atoms with Gasteiger partial charge in [-0.15, -0.1) is 0 Å². The molecule has 6 nitrogen and oxygen atoms in total. The third-order valence-electron chi connectivity index (χ3n) is 5.97. The van der Waals surface area contributed by atoms with Crippen molar-refractivity contribution >= 4 is 11.6 Å². The molecule has 2 aromatic rings. The molecular weight excluding hydrogens is 399 g/mol. The maximum absolute atomic E-state index is 14.0. The largest absolute Gasteiger partial charge is 0.494 e. The number of nitrogens with zero attached hydrogens (tertiary/aromatic N) is 1. The molecule has 1 amide bonds. The number of anilines is 1. The van der Waals surface area contributed by atoms with E-state index in [4.69, 9.17) is 9.47 Å². The first-order valence-electron chi connectivity index (χ1n) is 10.8. The molecule has 1 unspecified atom stereocenters. The monoisotopic (exact) mass is 428 g/mol. The Labute approximate surface area is 182 Å². The fourth-order valence-corrected chi connectivity index (χ4v) is 3.95. The van der Waals surface area contributed by atoms with Crippen LogP contribution in [0.4, 0.5) is 10.1 Å².